The molecule has 1 aliphatic carbocycles. The molecule has 0 amide bonds. The average Bonchev–Trinajstić information content (AvgIpc) is 2.85. The maximum absolute atomic E-state index is 10.8. The number of carbonyl (C=O) groups is 1. The molecule has 0 radical (unpaired) electrons. The SMILES string of the molecule is O=C(O)CC1CCCN(Cc2ccc3c(c2)CCC3)C1. The molecule has 1 fully saturated rings. The summed E-state index contributed by atoms with van der Waals surface area (Å²) in [6.45, 7) is 3.01. The normalized spacial score (nSPS) is 22.7. The molecule has 0 bridgehead atoms. The van der Waals surface area contributed by atoms with Crippen LogP contribution in [0.3, 0.4) is 0 Å². The van der Waals surface area contributed by atoms with Gasteiger partial charge in [0.1, 0.15) is 0 Å². The lowest BCUT2D eigenvalue weighted by Gasteiger charge is -2.32. The van der Waals surface area contributed by atoms with Crippen molar-refractivity contribution < 1.29 is 9.90 Å². The van der Waals surface area contributed by atoms with Crippen LogP contribution in [0.1, 0.15) is 42.4 Å². The van der Waals surface area contributed by atoms with Gasteiger partial charge in [0.2, 0.25) is 0 Å². The van der Waals surface area contributed by atoms with Crippen LogP contribution in [0.25, 0.3) is 0 Å². The van der Waals surface area contributed by atoms with Gasteiger partial charge in [-0.15, -0.1) is 0 Å². The van der Waals surface area contributed by atoms with E-state index in [9.17, 15) is 4.79 Å². The topological polar surface area (TPSA) is 40.5 Å². The summed E-state index contributed by atoms with van der Waals surface area (Å²) in [5.41, 5.74) is 4.44. The monoisotopic (exact) mass is 273 g/mol. The second-order valence-corrected chi connectivity index (χ2v) is 6.30. The summed E-state index contributed by atoms with van der Waals surface area (Å²) < 4.78 is 0. The van der Waals surface area contributed by atoms with Crippen LogP contribution in [-0.4, -0.2) is 29.1 Å². The highest BCUT2D eigenvalue weighted by Crippen LogP contribution is 2.25. The number of aryl methyl sites for hydroxylation is 2. The van der Waals surface area contributed by atoms with Crippen LogP contribution in [0.15, 0.2) is 18.2 Å². The number of aliphatic carboxylic acids is 1. The highest BCUT2D eigenvalue weighted by atomic mass is 16.4. The quantitative estimate of drug-likeness (QED) is 0.917. The minimum atomic E-state index is -0.658. The Bertz CT molecular complexity index is 498. The first-order chi connectivity index (χ1) is 9.70. The third-order valence-electron chi connectivity index (χ3n) is 4.64. The third kappa shape index (κ3) is 3.21. The second kappa shape index (κ2) is 5.96. The summed E-state index contributed by atoms with van der Waals surface area (Å²) in [5.74, 6) is -0.329. The second-order valence-electron chi connectivity index (χ2n) is 6.30. The smallest absolute Gasteiger partial charge is 0.303 e. The molecule has 1 heterocycles. The molecule has 2 aliphatic rings. The van der Waals surface area contributed by atoms with Crippen LogP contribution in [0.4, 0.5) is 0 Å². The molecule has 1 atom stereocenters. The lowest BCUT2D eigenvalue weighted by molar-refractivity contribution is -0.138. The van der Waals surface area contributed by atoms with Crippen LogP contribution < -0.4 is 0 Å². The maximum Gasteiger partial charge on any atom is 0.303 e. The molecule has 1 aromatic carbocycles. The first-order valence-corrected chi connectivity index (χ1v) is 7.75. The van der Waals surface area contributed by atoms with E-state index in [1.165, 1.54) is 36.0 Å². The zero-order valence-corrected chi connectivity index (χ0v) is 12.0. The van der Waals surface area contributed by atoms with Gasteiger partial charge in [-0.1, -0.05) is 18.2 Å². The molecule has 1 N–H and O–H groups in total. The van der Waals surface area contributed by atoms with Gasteiger partial charge in [-0.25, -0.2) is 0 Å². The van der Waals surface area contributed by atoms with Gasteiger partial charge < -0.3 is 5.11 Å². The number of rotatable bonds is 4. The van der Waals surface area contributed by atoms with E-state index in [4.69, 9.17) is 5.11 Å². The van der Waals surface area contributed by atoms with Gasteiger partial charge in [0, 0.05) is 19.5 Å². The Hall–Kier alpha value is -1.35. The predicted molar refractivity (Wildman–Crippen MR) is 78.7 cm³/mol. The summed E-state index contributed by atoms with van der Waals surface area (Å²) in [7, 11) is 0. The number of carboxylic acids is 1. The fourth-order valence-corrected chi connectivity index (χ4v) is 3.69. The van der Waals surface area contributed by atoms with Crippen molar-refractivity contribution in [2.75, 3.05) is 13.1 Å². The van der Waals surface area contributed by atoms with Gasteiger partial charge in [-0.05, 0) is 61.3 Å². The van der Waals surface area contributed by atoms with Crippen LogP contribution in [0.5, 0.6) is 0 Å². The molecule has 3 nitrogen and oxygen atoms in total. The number of piperidine rings is 1. The zero-order valence-electron chi connectivity index (χ0n) is 12.0. The summed E-state index contributed by atoms with van der Waals surface area (Å²) in [4.78, 5) is 13.3. The van der Waals surface area contributed by atoms with Crippen molar-refractivity contribution in [1.29, 1.82) is 0 Å². The van der Waals surface area contributed by atoms with Crippen molar-refractivity contribution in [3.05, 3.63) is 34.9 Å². The van der Waals surface area contributed by atoms with Crippen molar-refractivity contribution >= 4 is 5.97 Å². The van der Waals surface area contributed by atoms with Crippen LogP contribution in [0, 0.1) is 5.92 Å². The molecule has 3 rings (SSSR count). The van der Waals surface area contributed by atoms with Gasteiger partial charge in [0.05, 0.1) is 0 Å². The Balaban J connectivity index is 1.61. The lowest BCUT2D eigenvalue weighted by atomic mass is 9.94. The van der Waals surface area contributed by atoms with Crippen LogP contribution in [-0.2, 0) is 24.2 Å². The molecule has 0 spiro atoms. The summed E-state index contributed by atoms with van der Waals surface area (Å²) in [6, 6.07) is 6.91. The molecule has 0 saturated carbocycles. The van der Waals surface area contributed by atoms with E-state index in [2.05, 4.69) is 23.1 Å². The van der Waals surface area contributed by atoms with Crippen molar-refractivity contribution in [2.24, 2.45) is 5.92 Å². The number of fused-ring (bicyclic) bond motifs is 1. The maximum atomic E-state index is 10.8. The molecule has 1 aliphatic heterocycles. The van der Waals surface area contributed by atoms with Gasteiger partial charge in [-0.2, -0.15) is 0 Å². The number of hydrogen-bond donors (Lipinski definition) is 1. The largest absolute Gasteiger partial charge is 0.481 e. The minimum Gasteiger partial charge on any atom is -0.481 e. The summed E-state index contributed by atoms with van der Waals surface area (Å²) in [6.07, 6.45) is 6.27. The van der Waals surface area contributed by atoms with E-state index in [-0.39, 0.29) is 0 Å². The third-order valence-corrected chi connectivity index (χ3v) is 4.64. The zero-order chi connectivity index (χ0) is 13.9. The molecular weight excluding hydrogens is 250 g/mol. The standard InChI is InChI=1S/C17H23NO2/c19-17(20)10-13-3-2-8-18(11-13)12-14-6-7-15-4-1-5-16(15)9-14/h6-7,9,13H,1-5,8,10-12H2,(H,19,20). The Morgan fingerprint density at radius 2 is 2.10 bits per heavy atom. The van der Waals surface area contributed by atoms with Crippen molar-refractivity contribution in [3.8, 4) is 0 Å². The first-order valence-electron chi connectivity index (χ1n) is 7.75. The molecular formula is C17H23NO2. The highest BCUT2D eigenvalue weighted by Gasteiger charge is 2.22. The van der Waals surface area contributed by atoms with E-state index in [1.807, 2.05) is 0 Å². The number of carboxylic acid groups (broad SMARTS) is 1. The van der Waals surface area contributed by atoms with E-state index < -0.39 is 5.97 Å². The predicted octanol–water partition coefficient (Wildman–Crippen LogP) is 2.86. The lowest BCUT2D eigenvalue weighted by Crippen LogP contribution is -2.35. The van der Waals surface area contributed by atoms with E-state index in [0.29, 0.717) is 12.3 Å². The summed E-state index contributed by atoms with van der Waals surface area (Å²) >= 11 is 0. The Kier molecular flexibility index (Phi) is 4.06. The fraction of sp³-hybridized carbons (Fsp3) is 0.588. The Morgan fingerprint density at radius 3 is 2.95 bits per heavy atom. The Morgan fingerprint density at radius 1 is 1.25 bits per heavy atom. The van der Waals surface area contributed by atoms with Gasteiger partial charge in [0.15, 0.2) is 0 Å². The Labute approximate surface area is 120 Å². The highest BCUT2D eigenvalue weighted by molar-refractivity contribution is 5.67. The molecule has 0 aromatic heterocycles. The van der Waals surface area contributed by atoms with Gasteiger partial charge >= 0.3 is 5.97 Å². The first kappa shape index (κ1) is 13.6. The molecule has 1 unspecified atom stereocenters. The van der Waals surface area contributed by atoms with Crippen molar-refractivity contribution in [2.45, 2.75) is 45.1 Å². The van der Waals surface area contributed by atoms with E-state index >= 15 is 0 Å². The van der Waals surface area contributed by atoms with Crippen molar-refractivity contribution in [3.63, 3.8) is 0 Å². The minimum absolute atomic E-state index is 0.320. The fourth-order valence-electron chi connectivity index (χ4n) is 3.69. The van der Waals surface area contributed by atoms with Crippen molar-refractivity contribution in [1.82, 2.24) is 4.90 Å². The molecule has 3 heteroatoms. The summed E-state index contributed by atoms with van der Waals surface area (Å²) in [5, 5.41) is 8.93. The van der Waals surface area contributed by atoms with Crippen LogP contribution in [0.2, 0.25) is 0 Å². The number of benzene rings is 1. The van der Waals surface area contributed by atoms with E-state index in [0.717, 1.165) is 32.5 Å². The average molecular weight is 273 g/mol. The molecule has 20 heavy (non-hydrogen) atoms. The van der Waals surface area contributed by atoms with E-state index in [1.54, 1.807) is 0 Å². The molecule has 1 saturated heterocycles. The van der Waals surface area contributed by atoms with Gasteiger partial charge in [0.25, 0.3) is 0 Å². The van der Waals surface area contributed by atoms with Crippen LogP contribution >= 0.6 is 0 Å². The number of nitrogens with zero attached hydrogens (tertiary/aromatic N) is 1. The van der Waals surface area contributed by atoms with Gasteiger partial charge in [-0.3, -0.25) is 9.69 Å². The molecule has 1 aromatic rings. The molecule has 108 valence electrons. The number of hydrogen-bond acceptors (Lipinski definition) is 2. The number of likely N-dealkylation sites (tertiary alicyclic amines) is 1.